The third kappa shape index (κ3) is 4.08. The molecule has 0 spiro atoms. The van der Waals surface area contributed by atoms with Crippen molar-refractivity contribution in [3.63, 3.8) is 0 Å². The lowest BCUT2D eigenvalue weighted by atomic mass is 9.95. The molecule has 1 aliphatic heterocycles. The molecule has 1 aromatic rings. The summed E-state index contributed by atoms with van der Waals surface area (Å²) in [5.74, 6) is 0.233. The lowest BCUT2D eigenvalue weighted by Gasteiger charge is -2.35. The highest BCUT2D eigenvalue weighted by Gasteiger charge is 2.42. The Morgan fingerprint density at radius 3 is 2.54 bits per heavy atom. The monoisotopic (exact) mass is 331 g/mol. The smallest absolute Gasteiger partial charge is 0.248 e. The number of rotatable bonds is 6. The zero-order valence-electron chi connectivity index (χ0n) is 14.7. The number of benzene rings is 1. The summed E-state index contributed by atoms with van der Waals surface area (Å²) >= 11 is 0. The van der Waals surface area contributed by atoms with Gasteiger partial charge in [0.1, 0.15) is 5.54 Å². The van der Waals surface area contributed by atoms with Crippen molar-refractivity contribution in [2.24, 2.45) is 0 Å². The maximum Gasteiger partial charge on any atom is 0.248 e. The Labute approximate surface area is 145 Å². The molecule has 1 N–H and O–H groups in total. The molecule has 1 heterocycles. The predicted octanol–water partition coefficient (Wildman–Crippen LogP) is 2.20. The molecule has 0 atom stereocenters. The van der Waals surface area contributed by atoms with Crippen molar-refractivity contribution >= 4 is 11.6 Å². The topological polar surface area (TPSA) is 44.8 Å². The van der Waals surface area contributed by atoms with Crippen molar-refractivity contribution in [2.75, 3.05) is 51.8 Å². The zero-order valence-corrected chi connectivity index (χ0v) is 14.7. The van der Waals surface area contributed by atoms with E-state index < -0.39 is 5.54 Å². The van der Waals surface area contributed by atoms with Gasteiger partial charge in [-0.1, -0.05) is 31.0 Å². The third-order valence-corrected chi connectivity index (χ3v) is 5.23. The van der Waals surface area contributed by atoms with Crippen molar-refractivity contribution in [1.29, 1.82) is 0 Å². The van der Waals surface area contributed by atoms with E-state index in [9.17, 15) is 4.79 Å². The first-order valence-corrected chi connectivity index (χ1v) is 9.08. The molecule has 0 unspecified atom stereocenters. The Kier molecular flexibility index (Phi) is 5.74. The summed E-state index contributed by atoms with van der Waals surface area (Å²) in [6, 6.07) is 10.1. The minimum Gasteiger partial charge on any atom is -0.379 e. The largest absolute Gasteiger partial charge is 0.379 e. The highest BCUT2D eigenvalue weighted by atomic mass is 16.5. The summed E-state index contributed by atoms with van der Waals surface area (Å²) in [6.07, 6.45) is 4.07. The van der Waals surface area contributed by atoms with Gasteiger partial charge < -0.3 is 15.0 Å². The SMILES string of the molecule is CN(CCN1CCOCC1)C(=O)C1(Nc2ccccc2)CCCC1. The van der Waals surface area contributed by atoms with E-state index in [2.05, 4.69) is 10.2 Å². The summed E-state index contributed by atoms with van der Waals surface area (Å²) < 4.78 is 5.39. The van der Waals surface area contributed by atoms with Gasteiger partial charge in [-0.05, 0) is 25.0 Å². The van der Waals surface area contributed by atoms with Gasteiger partial charge in [0, 0.05) is 38.9 Å². The number of nitrogens with one attached hydrogen (secondary N) is 1. The van der Waals surface area contributed by atoms with E-state index in [-0.39, 0.29) is 5.91 Å². The van der Waals surface area contributed by atoms with Crippen LogP contribution in [0.5, 0.6) is 0 Å². The molecule has 1 amide bonds. The first kappa shape index (κ1) is 17.2. The van der Waals surface area contributed by atoms with Crippen molar-refractivity contribution < 1.29 is 9.53 Å². The van der Waals surface area contributed by atoms with Gasteiger partial charge in [0.05, 0.1) is 13.2 Å². The van der Waals surface area contributed by atoms with E-state index in [4.69, 9.17) is 4.74 Å². The summed E-state index contributed by atoms with van der Waals surface area (Å²) in [4.78, 5) is 17.5. The third-order valence-electron chi connectivity index (χ3n) is 5.23. The number of hydrogen-bond donors (Lipinski definition) is 1. The van der Waals surface area contributed by atoms with Crippen LogP contribution < -0.4 is 5.32 Å². The minimum absolute atomic E-state index is 0.233. The molecule has 1 saturated carbocycles. The van der Waals surface area contributed by atoms with Crippen LogP contribution in [0.1, 0.15) is 25.7 Å². The number of morpholine rings is 1. The van der Waals surface area contributed by atoms with E-state index in [1.165, 1.54) is 0 Å². The molecule has 1 aliphatic carbocycles. The molecule has 24 heavy (non-hydrogen) atoms. The number of likely N-dealkylation sites (N-methyl/N-ethyl adjacent to an activating group) is 1. The average molecular weight is 331 g/mol. The molecule has 1 saturated heterocycles. The molecule has 2 aliphatic rings. The van der Waals surface area contributed by atoms with E-state index >= 15 is 0 Å². The van der Waals surface area contributed by atoms with Gasteiger partial charge >= 0.3 is 0 Å². The van der Waals surface area contributed by atoms with Gasteiger partial charge in [-0.3, -0.25) is 9.69 Å². The van der Waals surface area contributed by atoms with Crippen LogP contribution in [0.3, 0.4) is 0 Å². The van der Waals surface area contributed by atoms with Crippen LogP contribution in [0.15, 0.2) is 30.3 Å². The van der Waals surface area contributed by atoms with E-state index in [0.29, 0.717) is 0 Å². The molecule has 5 nitrogen and oxygen atoms in total. The van der Waals surface area contributed by atoms with E-state index in [0.717, 1.165) is 70.8 Å². The highest BCUT2D eigenvalue weighted by molar-refractivity contribution is 5.89. The van der Waals surface area contributed by atoms with Crippen LogP contribution in [0, 0.1) is 0 Å². The fraction of sp³-hybridized carbons (Fsp3) is 0.632. The Bertz CT molecular complexity index is 523. The Morgan fingerprint density at radius 1 is 1.21 bits per heavy atom. The fourth-order valence-corrected chi connectivity index (χ4v) is 3.75. The number of amides is 1. The Balaban J connectivity index is 1.60. The first-order chi connectivity index (χ1) is 11.7. The molecule has 1 aromatic carbocycles. The first-order valence-electron chi connectivity index (χ1n) is 9.08. The van der Waals surface area contributed by atoms with Crippen molar-refractivity contribution in [3.05, 3.63) is 30.3 Å². The van der Waals surface area contributed by atoms with Crippen molar-refractivity contribution in [1.82, 2.24) is 9.80 Å². The van der Waals surface area contributed by atoms with Gasteiger partial charge in [0.25, 0.3) is 0 Å². The number of hydrogen-bond acceptors (Lipinski definition) is 4. The molecule has 0 radical (unpaired) electrons. The summed E-state index contributed by atoms with van der Waals surface area (Å²) in [5, 5.41) is 3.55. The number of carbonyl (C=O) groups is 1. The van der Waals surface area contributed by atoms with Crippen LogP contribution in [0.25, 0.3) is 0 Å². The summed E-state index contributed by atoms with van der Waals surface area (Å²) in [6.45, 7) is 5.24. The lowest BCUT2D eigenvalue weighted by Crippen LogP contribution is -2.53. The molecule has 5 heteroatoms. The standard InChI is InChI=1S/C19H29N3O2/c1-21(11-12-22-13-15-24-16-14-22)18(23)19(9-5-6-10-19)20-17-7-3-2-4-8-17/h2-4,7-8,20H,5-6,9-16H2,1H3. The van der Waals surface area contributed by atoms with Gasteiger partial charge in [-0.15, -0.1) is 0 Å². The van der Waals surface area contributed by atoms with Crippen molar-refractivity contribution in [3.8, 4) is 0 Å². The maximum absolute atomic E-state index is 13.2. The molecule has 2 fully saturated rings. The molecular weight excluding hydrogens is 302 g/mol. The van der Waals surface area contributed by atoms with Gasteiger partial charge in [-0.2, -0.15) is 0 Å². The number of carbonyl (C=O) groups excluding carboxylic acids is 1. The zero-order chi connectivity index (χ0) is 16.8. The molecular formula is C19H29N3O2. The lowest BCUT2D eigenvalue weighted by molar-refractivity contribution is -0.134. The molecule has 0 aromatic heterocycles. The highest BCUT2D eigenvalue weighted by Crippen LogP contribution is 2.34. The van der Waals surface area contributed by atoms with Crippen LogP contribution in [-0.4, -0.2) is 67.7 Å². The van der Waals surface area contributed by atoms with Gasteiger partial charge in [-0.25, -0.2) is 0 Å². The number of para-hydroxylation sites is 1. The maximum atomic E-state index is 13.2. The number of anilines is 1. The Hall–Kier alpha value is -1.59. The second kappa shape index (κ2) is 7.99. The van der Waals surface area contributed by atoms with Crippen LogP contribution in [-0.2, 0) is 9.53 Å². The molecule has 3 rings (SSSR count). The summed E-state index contributed by atoms with van der Waals surface area (Å²) in [5.41, 5.74) is 0.607. The van der Waals surface area contributed by atoms with E-state index in [1.54, 1.807) is 0 Å². The minimum atomic E-state index is -0.429. The van der Waals surface area contributed by atoms with Crippen LogP contribution in [0.2, 0.25) is 0 Å². The van der Waals surface area contributed by atoms with Gasteiger partial charge in [0.15, 0.2) is 0 Å². The Morgan fingerprint density at radius 2 is 1.88 bits per heavy atom. The van der Waals surface area contributed by atoms with E-state index in [1.807, 2.05) is 42.3 Å². The molecule has 132 valence electrons. The predicted molar refractivity (Wildman–Crippen MR) is 96.2 cm³/mol. The normalized spacial score (nSPS) is 20.7. The number of ether oxygens (including phenoxy) is 1. The second-order valence-corrected chi connectivity index (χ2v) is 6.96. The number of nitrogens with zero attached hydrogens (tertiary/aromatic N) is 2. The van der Waals surface area contributed by atoms with Crippen LogP contribution in [0.4, 0.5) is 5.69 Å². The quantitative estimate of drug-likeness (QED) is 0.868. The van der Waals surface area contributed by atoms with Crippen LogP contribution >= 0.6 is 0 Å². The van der Waals surface area contributed by atoms with Crippen molar-refractivity contribution in [2.45, 2.75) is 31.2 Å². The average Bonchev–Trinajstić information content (AvgIpc) is 3.10. The fourth-order valence-electron chi connectivity index (χ4n) is 3.75. The molecule has 0 bridgehead atoms. The summed E-state index contributed by atoms with van der Waals surface area (Å²) in [7, 11) is 1.94. The van der Waals surface area contributed by atoms with Gasteiger partial charge in [0.2, 0.25) is 5.91 Å². The second-order valence-electron chi connectivity index (χ2n) is 6.96.